The first-order chi connectivity index (χ1) is 15.0. The van der Waals surface area contributed by atoms with Gasteiger partial charge in [0, 0.05) is 6.42 Å². The van der Waals surface area contributed by atoms with E-state index in [4.69, 9.17) is 9.15 Å². The van der Waals surface area contributed by atoms with Crippen molar-refractivity contribution in [2.45, 2.75) is 25.5 Å². The number of carbonyl (C=O) groups excluding carboxylic acids is 2. The zero-order valence-corrected chi connectivity index (χ0v) is 17.0. The Labute approximate surface area is 179 Å². The van der Waals surface area contributed by atoms with E-state index < -0.39 is 30.6 Å². The van der Waals surface area contributed by atoms with Crippen LogP contribution in [0.2, 0.25) is 0 Å². The highest BCUT2D eigenvalue weighted by Gasteiger charge is 2.35. The maximum absolute atomic E-state index is 12.9. The molecule has 31 heavy (non-hydrogen) atoms. The van der Waals surface area contributed by atoms with Crippen molar-refractivity contribution < 1.29 is 23.8 Å². The standard InChI is InChI=1S/C24H22N2O5/c1-16-9-11-17(12-10-16)19-14-20(21-8-5-13-30-21)26(25-19)22(27)15-31-24(29)23(28)18-6-3-2-4-7-18/h2-13,20,23,28H,14-15H2,1H3/t20-,23-/m1/s1. The molecular formula is C24H22N2O5. The van der Waals surface area contributed by atoms with Crippen LogP contribution in [0.5, 0.6) is 0 Å². The topological polar surface area (TPSA) is 92.3 Å². The fraction of sp³-hybridized carbons (Fsp3) is 0.208. The Hall–Kier alpha value is -3.71. The summed E-state index contributed by atoms with van der Waals surface area (Å²) >= 11 is 0. The van der Waals surface area contributed by atoms with E-state index >= 15 is 0 Å². The van der Waals surface area contributed by atoms with Crippen molar-refractivity contribution in [2.24, 2.45) is 5.10 Å². The van der Waals surface area contributed by atoms with Crippen LogP contribution in [0.1, 0.15) is 41.0 Å². The molecule has 1 aliphatic heterocycles. The third-order valence-electron chi connectivity index (χ3n) is 5.10. The molecule has 0 aliphatic carbocycles. The average molecular weight is 418 g/mol. The van der Waals surface area contributed by atoms with Gasteiger partial charge in [-0.2, -0.15) is 5.10 Å². The van der Waals surface area contributed by atoms with Crippen LogP contribution in [0, 0.1) is 6.92 Å². The normalized spacial score (nSPS) is 16.6. The molecule has 0 spiro atoms. The minimum atomic E-state index is -1.46. The number of rotatable bonds is 6. The summed E-state index contributed by atoms with van der Waals surface area (Å²) in [6.45, 7) is 1.46. The molecule has 2 heterocycles. The van der Waals surface area contributed by atoms with Crippen LogP contribution in [-0.2, 0) is 14.3 Å². The monoisotopic (exact) mass is 418 g/mol. The minimum absolute atomic E-state index is 0.397. The number of hydrogen-bond donors (Lipinski definition) is 1. The van der Waals surface area contributed by atoms with E-state index in [1.165, 1.54) is 11.3 Å². The first-order valence-electron chi connectivity index (χ1n) is 9.92. The second-order valence-electron chi connectivity index (χ2n) is 7.31. The number of carbonyl (C=O) groups is 2. The highest BCUT2D eigenvalue weighted by molar-refractivity contribution is 6.03. The summed E-state index contributed by atoms with van der Waals surface area (Å²) < 4.78 is 10.6. The predicted octanol–water partition coefficient (Wildman–Crippen LogP) is 3.54. The van der Waals surface area contributed by atoms with E-state index in [1.807, 2.05) is 31.2 Å². The molecule has 3 aromatic rings. The molecule has 1 amide bonds. The van der Waals surface area contributed by atoms with E-state index in [-0.39, 0.29) is 0 Å². The summed E-state index contributed by atoms with van der Waals surface area (Å²) in [5.41, 5.74) is 3.18. The van der Waals surface area contributed by atoms with E-state index in [0.717, 1.165) is 16.8 Å². The number of hydrazone groups is 1. The number of furan rings is 1. The van der Waals surface area contributed by atoms with Crippen LogP contribution in [0.3, 0.4) is 0 Å². The van der Waals surface area contributed by atoms with Gasteiger partial charge < -0.3 is 14.3 Å². The van der Waals surface area contributed by atoms with E-state index in [1.54, 1.807) is 42.5 Å². The molecule has 0 fully saturated rings. The Morgan fingerprint density at radius 2 is 1.87 bits per heavy atom. The van der Waals surface area contributed by atoms with E-state index in [2.05, 4.69) is 5.10 Å². The quantitative estimate of drug-likeness (QED) is 0.618. The van der Waals surface area contributed by atoms with Crippen molar-refractivity contribution in [3.8, 4) is 0 Å². The lowest BCUT2D eigenvalue weighted by molar-refractivity contribution is -0.160. The van der Waals surface area contributed by atoms with Gasteiger partial charge in [0.05, 0.1) is 12.0 Å². The number of aliphatic hydroxyl groups excluding tert-OH is 1. The second-order valence-corrected chi connectivity index (χ2v) is 7.31. The zero-order valence-electron chi connectivity index (χ0n) is 17.0. The summed E-state index contributed by atoms with van der Waals surface area (Å²) in [6, 6.07) is 19.4. The molecule has 0 saturated carbocycles. The van der Waals surface area contributed by atoms with Crippen LogP contribution >= 0.6 is 0 Å². The number of aliphatic hydroxyl groups is 1. The Morgan fingerprint density at radius 3 is 2.55 bits per heavy atom. The third kappa shape index (κ3) is 4.57. The van der Waals surface area contributed by atoms with Gasteiger partial charge in [0.15, 0.2) is 12.7 Å². The third-order valence-corrected chi connectivity index (χ3v) is 5.10. The zero-order chi connectivity index (χ0) is 21.8. The lowest BCUT2D eigenvalue weighted by atomic mass is 10.0. The highest BCUT2D eigenvalue weighted by atomic mass is 16.5. The van der Waals surface area contributed by atoms with Gasteiger partial charge in [0.1, 0.15) is 11.8 Å². The van der Waals surface area contributed by atoms with Gasteiger partial charge in [0.25, 0.3) is 5.91 Å². The van der Waals surface area contributed by atoms with Crippen LogP contribution < -0.4 is 0 Å². The Bertz CT molecular complexity index is 1070. The van der Waals surface area contributed by atoms with Crippen molar-refractivity contribution in [3.05, 3.63) is 95.4 Å². The van der Waals surface area contributed by atoms with Gasteiger partial charge in [-0.15, -0.1) is 0 Å². The lowest BCUT2D eigenvalue weighted by Gasteiger charge is -2.20. The molecule has 0 saturated heterocycles. The number of hydrogen-bond acceptors (Lipinski definition) is 6. The molecule has 2 atom stereocenters. The first-order valence-corrected chi connectivity index (χ1v) is 9.92. The fourth-order valence-electron chi connectivity index (χ4n) is 3.41. The molecule has 7 heteroatoms. The van der Waals surface area contributed by atoms with E-state index in [0.29, 0.717) is 17.7 Å². The maximum Gasteiger partial charge on any atom is 0.340 e. The molecule has 7 nitrogen and oxygen atoms in total. The van der Waals surface area contributed by atoms with Gasteiger partial charge in [-0.25, -0.2) is 9.80 Å². The summed E-state index contributed by atoms with van der Waals surface area (Å²) in [7, 11) is 0. The summed E-state index contributed by atoms with van der Waals surface area (Å²) in [5.74, 6) is -0.803. The van der Waals surface area contributed by atoms with Crippen LogP contribution in [0.15, 0.2) is 82.5 Å². The molecule has 4 rings (SSSR count). The van der Waals surface area contributed by atoms with Crippen molar-refractivity contribution in [1.82, 2.24) is 5.01 Å². The number of aryl methyl sites for hydroxylation is 1. The van der Waals surface area contributed by atoms with Gasteiger partial charge in [-0.1, -0.05) is 60.2 Å². The van der Waals surface area contributed by atoms with Gasteiger partial charge >= 0.3 is 5.97 Å². The predicted molar refractivity (Wildman–Crippen MR) is 113 cm³/mol. The number of ether oxygens (including phenoxy) is 1. The van der Waals surface area contributed by atoms with Crippen LogP contribution in [-0.4, -0.2) is 34.3 Å². The van der Waals surface area contributed by atoms with E-state index in [9.17, 15) is 14.7 Å². The summed E-state index contributed by atoms with van der Waals surface area (Å²) in [4.78, 5) is 25.1. The molecular weight excluding hydrogens is 396 g/mol. The van der Waals surface area contributed by atoms with Gasteiger partial charge in [0.2, 0.25) is 0 Å². The number of amides is 1. The fourth-order valence-corrected chi connectivity index (χ4v) is 3.41. The van der Waals surface area contributed by atoms with Crippen LogP contribution in [0.4, 0.5) is 0 Å². The summed E-state index contributed by atoms with van der Waals surface area (Å²) in [5, 5.41) is 15.9. The summed E-state index contributed by atoms with van der Waals surface area (Å²) in [6.07, 6.45) is 0.557. The maximum atomic E-state index is 12.9. The Balaban J connectivity index is 1.48. The highest BCUT2D eigenvalue weighted by Crippen LogP contribution is 2.33. The molecule has 0 unspecified atom stereocenters. The number of nitrogens with zero attached hydrogens (tertiary/aromatic N) is 2. The van der Waals surface area contributed by atoms with Crippen molar-refractivity contribution >= 4 is 17.6 Å². The van der Waals surface area contributed by atoms with Crippen molar-refractivity contribution in [1.29, 1.82) is 0 Å². The Morgan fingerprint density at radius 1 is 1.13 bits per heavy atom. The smallest absolute Gasteiger partial charge is 0.340 e. The second kappa shape index (κ2) is 8.97. The largest absolute Gasteiger partial charge is 0.467 e. The molecule has 1 aromatic heterocycles. The SMILES string of the molecule is Cc1ccc(C2=NN(C(=O)COC(=O)[C@H](O)c3ccccc3)[C@@H](c3ccco3)C2)cc1. The molecule has 158 valence electrons. The van der Waals surface area contributed by atoms with Crippen molar-refractivity contribution in [2.75, 3.05) is 6.61 Å². The molecule has 0 bridgehead atoms. The number of esters is 1. The van der Waals surface area contributed by atoms with Gasteiger partial charge in [-0.3, -0.25) is 4.79 Å². The first kappa shape index (κ1) is 20.6. The average Bonchev–Trinajstić information content (AvgIpc) is 3.48. The molecule has 1 N–H and O–H groups in total. The number of benzene rings is 2. The molecule has 0 radical (unpaired) electrons. The minimum Gasteiger partial charge on any atom is -0.467 e. The molecule has 1 aliphatic rings. The molecule has 2 aromatic carbocycles. The van der Waals surface area contributed by atoms with Gasteiger partial charge in [-0.05, 0) is 30.2 Å². The Kier molecular flexibility index (Phi) is 5.95. The van der Waals surface area contributed by atoms with Crippen LogP contribution in [0.25, 0.3) is 0 Å². The lowest BCUT2D eigenvalue weighted by Crippen LogP contribution is -2.32. The van der Waals surface area contributed by atoms with Crippen molar-refractivity contribution in [3.63, 3.8) is 0 Å².